The Balaban J connectivity index is 0.845. The number of aliphatic hydroxyl groups is 20. The summed E-state index contributed by atoms with van der Waals surface area (Å²) in [4.78, 5) is 71.3. The second-order valence-electron chi connectivity index (χ2n) is 38.9. The third-order valence-corrected chi connectivity index (χ3v) is 30.2. The van der Waals surface area contributed by atoms with Crippen LogP contribution in [0.4, 0.5) is 0 Å². The molecule has 11 aliphatic rings. The van der Waals surface area contributed by atoms with Gasteiger partial charge in [-0.2, -0.15) is 0 Å². The van der Waals surface area contributed by atoms with Gasteiger partial charge in [0, 0.05) is 19.3 Å². The van der Waals surface area contributed by atoms with E-state index < -0.39 is 334 Å². The molecule has 19 unspecified atom stereocenters. The Morgan fingerprint density at radius 1 is 0.651 bits per heavy atom. The minimum absolute atomic E-state index is 0.0224. The van der Waals surface area contributed by atoms with Gasteiger partial charge >= 0.3 is 23.9 Å². The molecule has 126 heavy (non-hydrogen) atoms. The zero-order valence-corrected chi connectivity index (χ0v) is 73.3. The van der Waals surface area contributed by atoms with E-state index in [1.807, 2.05) is 20.8 Å². The number of carbonyl (C=O) groups is 5. The molecule has 0 amide bonds. The molecule has 42 atom stereocenters. The molecule has 41 nitrogen and oxygen atoms in total. The lowest BCUT2D eigenvalue weighted by Gasteiger charge is -2.71. The molecule has 9 fully saturated rings. The van der Waals surface area contributed by atoms with Crippen molar-refractivity contribution in [3.8, 4) is 0 Å². The number of fused-ring (bicyclic) bond motifs is 7. The van der Waals surface area contributed by atoms with Crippen molar-refractivity contribution >= 4 is 30.2 Å². The predicted octanol–water partition coefficient (Wildman–Crippen LogP) is -2.53. The molecule has 0 spiro atoms. The van der Waals surface area contributed by atoms with Gasteiger partial charge in [-0.3, -0.25) is 14.4 Å². The number of carbonyl (C=O) groups excluding carboxylic acids is 4. The number of hydrogen-bond donors (Lipinski definition) is 21. The van der Waals surface area contributed by atoms with E-state index in [0.29, 0.717) is 51.4 Å². The number of aldehydes is 1. The fourth-order valence-electron chi connectivity index (χ4n) is 21.8. The van der Waals surface area contributed by atoms with Gasteiger partial charge < -0.3 is 183 Å². The average molecular weight is 1810 g/mol. The Hall–Kier alpha value is -4.41. The van der Waals surface area contributed by atoms with Crippen LogP contribution in [0.15, 0.2) is 23.2 Å². The quantitative estimate of drug-likeness (QED) is 0.00789. The zero-order chi connectivity index (χ0) is 93.1. The first-order chi connectivity index (χ1) is 58.9. The van der Waals surface area contributed by atoms with Gasteiger partial charge in [-0.1, -0.05) is 93.7 Å². The summed E-state index contributed by atoms with van der Waals surface area (Å²) in [5.74, 6) is -14.6. The second-order valence-corrected chi connectivity index (χ2v) is 38.9. The largest absolute Gasteiger partial charge is 0.506 e. The molecule has 0 aromatic heterocycles. The van der Waals surface area contributed by atoms with Crippen LogP contribution in [0.5, 0.6) is 0 Å². The molecule has 722 valence electrons. The first kappa shape index (κ1) is 102. The summed E-state index contributed by atoms with van der Waals surface area (Å²) < 4.78 is 89.2. The summed E-state index contributed by atoms with van der Waals surface area (Å²) in [6, 6.07) is 0. The van der Waals surface area contributed by atoms with Crippen molar-refractivity contribution in [1.29, 1.82) is 0 Å². The summed E-state index contributed by atoms with van der Waals surface area (Å²) >= 11 is 0. The Morgan fingerprint density at radius 2 is 1.25 bits per heavy atom. The molecular weight excluding hydrogens is 1680 g/mol. The maximum atomic E-state index is 16.2. The van der Waals surface area contributed by atoms with Crippen LogP contribution in [0, 0.1) is 62.1 Å². The summed E-state index contributed by atoms with van der Waals surface area (Å²) in [7, 11) is 0. The van der Waals surface area contributed by atoms with Crippen LogP contribution in [-0.4, -0.2) is 366 Å². The number of allylic oxidation sites excluding steroid dienone is 2. The van der Waals surface area contributed by atoms with Gasteiger partial charge in [-0.15, -0.1) is 0 Å². The van der Waals surface area contributed by atoms with Gasteiger partial charge in [0.2, 0.25) is 12.1 Å². The third-order valence-electron chi connectivity index (χ3n) is 30.2. The van der Waals surface area contributed by atoms with Gasteiger partial charge in [0.15, 0.2) is 49.1 Å². The van der Waals surface area contributed by atoms with E-state index >= 15 is 4.79 Å². The maximum Gasteiger partial charge on any atom is 0.364 e. The number of hydrogen-bond acceptors (Lipinski definition) is 40. The lowest BCUT2D eigenvalue weighted by molar-refractivity contribution is -0.400. The second kappa shape index (κ2) is 40.0. The van der Waals surface area contributed by atoms with Crippen molar-refractivity contribution in [3.05, 3.63) is 23.2 Å². The molecule has 11 rings (SSSR count). The zero-order valence-electron chi connectivity index (χ0n) is 73.3. The highest BCUT2D eigenvalue weighted by atomic mass is 16.8. The van der Waals surface area contributed by atoms with E-state index in [1.54, 1.807) is 27.7 Å². The molecule has 21 N–H and O–H groups in total. The Labute approximate surface area is 729 Å². The van der Waals surface area contributed by atoms with Crippen LogP contribution in [0.25, 0.3) is 0 Å². The van der Waals surface area contributed by atoms with Crippen molar-refractivity contribution in [2.24, 2.45) is 62.1 Å². The molecule has 6 aliphatic heterocycles. The summed E-state index contributed by atoms with van der Waals surface area (Å²) in [5, 5.41) is 232. The number of carboxylic acids is 1. The van der Waals surface area contributed by atoms with Crippen LogP contribution >= 0.6 is 0 Å². The molecule has 5 aliphatic carbocycles. The topological polar surface area (TPSA) is 649 Å². The van der Waals surface area contributed by atoms with Crippen molar-refractivity contribution in [1.82, 2.24) is 0 Å². The van der Waals surface area contributed by atoms with E-state index in [2.05, 4.69) is 26.8 Å². The summed E-state index contributed by atoms with van der Waals surface area (Å²) in [5.41, 5.74) is -5.44. The number of ether oxygens (including phenoxy) is 15. The lowest BCUT2D eigenvalue weighted by Crippen LogP contribution is -2.69. The molecule has 0 aromatic rings. The van der Waals surface area contributed by atoms with E-state index in [0.717, 1.165) is 11.9 Å². The molecular formula is C85H136O41. The number of carboxylic acid groups (broad SMARTS) is 1. The minimum atomic E-state index is -3.21. The molecule has 0 aromatic carbocycles. The fourth-order valence-corrected chi connectivity index (χ4v) is 21.8. The van der Waals surface area contributed by atoms with Crippen LogP contribution in [-0.2, 0) is 95.0 Å². The van der Waals surface area contributed by atoms with Gasteiger partial charge in [0.1, 0.15) is 116 Å². The predicted molar refractivity (Wildman–Crippen MR) is 422 cm³/mol. The summed E-state index contributed by atoms with van der Waals surface area (Å²) in [6.07, 6.45) is -49.4. The first-order valence-corrected chi connectivity index (χ1v) is 44.0. The highest BCUT2D eigenvalue weighted by Gasteiger charge is 2.73. The van der Waals surface area contributed by atoms with E-state index in [4.69, 9.17) is 71.1 Å². The SMILES string of the molecule is CC[C@H](C)[C@H](C[C@H](O)CC(=O)OC1=C(O)C(O[C@@H]2OC(C)[C@H](O[C@H]3OCC(O)[C@H](O)C3O)C(O)C2O)[C@H](OC(=O)[C@]23CCC(C)(C)CC2C2=CCC4[C@@]5(C)CC[C@H](O[C@@H]6OC(O)(C(=O)O)CC(O[C@@H]7OC[C@@H](O)C(O)C7O)C6OC(O)[C@@H](O)C(O)CO)[C@@](C)(C=O)C5CC[C@@]4(C)[C@]2(C)C[C@H]3O)OC1C)OC(=O)C[C@@H](O)C[C@H](OC1(O)CO[C@@H](CO)C1O)[C@@H](C)CC. The standard InChI is InChI=1S/C85H136O41/c1-13-36(3)47(117-55(95)25-41(90)24-48(37(4)14-2)125-85(111)35-114-50(31-87)69(85)105)23-40(89)26-56(96)120-66-39(6)116-74(68(64(66)104)123-73-63(103)60(100)65(38(5)115-73)122-72-62(102)58(98)46(93)33-113-72)124-77(109)83-22-21-78(7,8)27-43(83)42-15-16-52-79(9)19-18-54(80(10,34-88)51(79)17-20-81(52,11)82(42,12)29-53(83)94)119-75-67(121-70(106)59(99)44(91)30-86)49(28-84(110,126-75)76(107)108)118-71-61(101)57(97)45(92)32-112-71/h15,34,36-41,43-54,57-63,65,67-75,86-87,89-94,97-106,110-111H,13-14,16-33,35H2,1-12H3,(H,107,108)/t36-,37-,38?,39?,40-,41-,43?,44?,45+,46?,47-,48-,49?,50-,51?,52?,53+,54-,57?,58-,59-,60?,61?,62?,63?,65-,67?,68?,69?,70?,71-,72+,73-,74-,75+,79-,80-,81+,82+,83+,84?,85?/m0/s1. The minimum Gasteiger partial charge on any atom is -0.506 e. The molecule has 0 bridgehead atoms. The fraction of sp³-hybridized carbons (Fsp3) is 0.894. The van der Waals surface area contributed by atoms with Crippen LogP contribution < -0.4 is 0 Å². The third kappa shape index (κ3) is 19.9. The molecule has 0 radical (unpaired) electrons. The molecule has 6 heterocycles. The van der Waals surface area contributed by atoms with Crippen LogP contribution in [0.3, 0.4) is 0 Å². The normalized spacial score (nSPS) is 45.2. The number of aliphatic carboxylic acids is 1. The van der Waals surface area contributed by atoms with Gasteiger partial charge in [-0.05, 0) is 123 Å². The first-order valence-electron chi connectivity index (χ1n) is 44.0. The lowest BCUT2D eigenvalue weighted by atomic mass is 9.33. The average Bonchev–Trinajstić information content (AvgIpc) is 0.935. The number of esters is 3. The number of aliphatic hydroxyl groups excluding tert-OH is 18. The Bertz CT molecular complexity index is 3780. The molecule has 41 heteroatoms. The van der Waals surface area contributed by atoms with E-state index in [9.17, 15) is 126 Å². The molecule has 5 saturated heterocycles. The van der Waals surface area contributed by atoms with E-state index in [-0.39, 0.29) is 43.9 Å². The highest BCUT2D eigenvalue weighted by molar-refractivity contribution is 5.80. The molecule has 4 saturated carbocycles. The van der Waals surface area contributed by atoms with Crippen molar-refractivity contribution in [2.75, 3.05) is 33.0 Å². The Kier molecular flexibility index (Phi) is 32.4. The van der Waals surface area contributed by atoms with Gasteiger partial charge in [0.25, 0.3) is 5.79 Å². The van der Waals surface area contributed by atoms with Gasteiger partial charge in [0.05, 0.1) is 87.4 Å². The maximum absolute atomic E-state index is 16.2. The van der Waals surface area contributed by atoms with Crippen molar-refractivity contribution in [3.63, 3.8) is 0 Å². The van der Waals surface area contributed by atoms with Crippen molar-refractivity contribution in [2.45, 2.75) is 382 Å². The number of rotatable bonds is 34. The van der Waals surface area contributed by atoms with E-state index in [1.165, 1.54) is 13.8 Å². The highest BCUT2D eigenvalue weighted by Crippen LogP contribution is 2.76. The smallest absolute Gasteiger partial charge is 0.364 e. The monoisotopic (exact) mass is 1810 g/mol. The van der Waals surface area contributed by atoms with Gasteiger partial charge in [-0.25, -0.2) is 4.79 Å². The Morgan fingerprint density at radius 3 is 1.85 bits per heavy atom. The van der Waals surface area contributed by atoms with Crippen LogP contribution in [0.1, 0.15) is 186 Å². The van der Waals surface area contributed by atoms with Crippen LogP contribution in [0.2, 0.25) is 0 Å². The summed E-state index contributed by atoms with van der Waals surface area (Å²) in [6.45, 7) is 18.5. The van der Waals surface area contributed by atoms with Crippen molar-refractivity contribution < 1.29 is 202 Å².